The molecule has 0 saturated heterocycles. The highest BCUT2D eigenvalue weighted by atomic mass is 35.5. The van der Waals surface area contributed by atoms with Gasteiger partial charge in [-0.2, -0.15) is 0 Å². The van der Waals surface area contributed by atoms with Crippen molar-refractivity contribution in [2.75, 3.05) is 4.90 Å². The molecule has 0 N–H and O–H groups in total. The predicted octanol–water partition coefficient (Wildman–Crippen LogP) is 5.73. The Balaban J connectivity index is 1.84. The molecule has 0 radical (unpaired) electrons. The van der Waals surface area contributed by atoms with Crippen molar-refractivity contribution in [1.82, 2.24) is 0 Å². The minimum atomic E-state index is -0.361. The Morgan fingerprint density at radius 2 is 1.43 bits per heavy atom. The molecule has 3 aromatic carbocycles. The van der Waals surface area contributed by atoms with Crippen LogP contribution in [-0.4, -0.2) is 11.8 Å². The standard InChI is InChI=1S/C23H16ClNO2S/c1-15-11-13-16(14-12-15)20-21(28-17-7-3-2-4-8-17)23(27)25(22(20)26)19-10-6-5-9-18(19)24/h2-14H,1H3. The van der Waals surface area contributed by atoms with Gasteiger partial charge in [-0.1, -0.05) is 83.5 Å². The first kappa shape index (κ1) is 18.5. The van der Waals surface area contributed by atoms with Crippen molar-refractivity contribution in [3.63, 3.8) is 0 Å². The quantitative estimate of drug-likeness (QED) is 0.520. The molecule has 0 fully saturated rings. The van der Waals surface area contributed by atoms with Crippen LogP contribution in [0.15, 0.2) is 88.7 Å². The van der Waals surface area contributed by atoms with Crippen molar-refractivity contribution in [3.05, 3.63) is 99.9 Å². The number of rotatable bonds is 4. The molecule has 0 saturated carbocycles. The minimum Gasteiger partial charge on any atom is -0.268 e. The molecule has 0 bridgehead atoms. The van der Waals surface area contributed by atoms with E-state index in [0.717, 1.165) is 16.0 Å². The molecule has 4 rings (SSSR count). The lowest BCUT2D eigenvalue weighted by Crippen LogP contribution is -2.31. The highest BCUT2D eigenvalue weighted by Gasteiger charge is 2.41. The fourth-order valence-electron chi connectivity index (χ4n) is 3.04. The van der Waals surface area contributed by atoms with Crippen LogP contribution < -0.4 is 4.90 Å². The second kappa shape index (κ2) is 7.66. The van der Waals surface area contributed by atoms with Crippen molar-refractivity contribution >= 4 is 46.4 Å². The molecule has 0 spiro atoms. The Labute approximate surface area is 172 Å². The van der Waals surface area contributed by atoms with E-state index < -0.39 is 0 Å². The average molecular weight is 406 g/mol. The summed E-state index contributed by atoms with van der Waals surface area (Å²) in [5.41, 5.74) is 2.60. The molecule has 5 heteroatoms. The predicted molar refractivity (Wildman–Crippen MR) is 114 cm³/mol. The van der Waals surface area contributed by atoms with Gasteiger partial charge in [0.05, 0.1) is 21.2 Å². The largest absolute Gasteiger partial charge is 0.272 e. The summed E-state index contributed by atoms with van der Waals surface area (Å²) in [6, 6.07) is 24.1. The van der Waals surface area contributed by atoms with Crippen LogP contribution in [0.3, 0.4) is 0 Å². The summed E-state index contributed by atoms with van der Waals surface area (Å²) in [6.45, 7) is 1.98. The summed E-state index contributed by atoms with van der Waals surface area (Å²) in [5.74, 6) is -0.720. The number of hydrogen-bond acceptors (Lipinski definition) is 3. The van der Waals surface area contributed by atoms with Crippen LogP contribution in [0.4, 0.5) is 5.69 Å². The SMILES string of the molecule is Cc1ccc(C2=C(Sc3ccccc3)C(=O)N(c3ccccc3Cl)C2=O)cc1. The third-order valence-corrected chi connectivity index (χ3v) is 5.85. The van der Waals surface area contributed by atoms with Crippen LogP contribution in [0.2, 0.25) is 5.02 Å². The van der Waals surface area contributed by atoms with E-state index in [0.29, 0.717) is 21.2 Å². The van der Waals surface area contributed by atoms with E-state index in [4.69, 9.17) is 11.6 Å². The van der Waals surface area contributed by atoms with Gasteiger partial charge in [0.2, 0.25) is 0 Å². The highest BCUT2D eigenvalue weighted by molar-refractivity contribution is 8.04. The summed E-state index contributed by atoms with van der Waals surface area (Å²) < 4.78 is 0. The molecule has 1 heterocycles. The van der Waals surface area contributed by atoms with Crippen LogP contribution in [0, 0.1) is 6.92 Å². The van der Waals surface area contributed by atoms with Crippen molar-refractivity contribution < 1.29 is 9.59 Å². The van der Waals surface area contributed by atoms with E-state index in [1.807, 2.05) is 61.5 Å². The molecule has 3 aromatic rings. The molecular weight excluding hydrogens is 390 g/mol. The normalized spacial score (nSPS) is 14.1. The maximum Gasteiger partial charge on any atom is 0.272 e. The van der Waals surface area contributed by atoms with Gasteiger partial charge in [0.1, 0.15) is 0 Å². The van der Waals surface area contributed by atoms with Crippen molar-refractivity contribution in [2.24, 2.45) is 0 Å². The lowest BCUT2D eigenvalue weighted by molar-refractivity contribution is -0.119. The summed E-state index contributed by atoms with van der Waals surface area (Å²) in [7, 11) is 0. The number of aryl methyl sites for hydroxylation is 1. The van der Waals surface area contributed by atoms with Gasteiger partial charge in [0.15, 0.2) is 0 Å². The third kappa shape index (κ3) is 3.37. The third-order valence-electron chi connectivity index (χ3n) is 4.44. The summed E-state index contributed by atoms with van der Waals surface area (Å²) in [4.78, 5) is 29.1. The monoisotopic (exact) mass is 405 g/mol. The summed E-state index contributed by atoms with van der Waals surface area (Å²) in [6.07, 6.45) is 0. The van der Waals surface area contributed by atoms with E-state index in [1.165, 1.54) is 16.7 Å². The lowest BCUT2D eigenvalue weighted by atomic mass is 10.0. The fourth-order valence-corrected chi connectivity index (χ4v) is 4.27. The molecule has 28 heavy (non-hydrogen) atoms. The average Bonchev–Trinajstić information content (AvgIpc) is 2.94. The molecule has 0 aromatic heterocycles. The van der Waals surface area contributed by atoms with Crippen LogP contribution in [-0.2, 0) is 9.59 Å². The second-order valence-electron chi connectivity index (χ2n) is 6.38. The van der Waals surface area contributed by atoms with Crippen LogP contribution in [0.5, 0.6) is 0 Å². The molecule has 1 aliphatic heterocycles. The van der Waals surface area contributed by atoms with E-state index in [2.05, 4.69) is 0 Å². The number of halogens is 1. The summed E-state index contributed by atoms with van der Waals surface area (Å²) in [5, 5.41) is 0.360. The number of nitrogens with zero attached hydrogens (tertiary/aromatic N) is 1. The Morgan fingerprint density at radius 3 is 2.11 bits per heavy atom. The number of imide groups is 1. The number of thioether (sulfide) groups is 1. The van der Waals surface area contributed by atoms with Crippen molar-refractivity contribution in [1.29, 1.82) is 0 Å². The smallest absolute Gasteiger partial charge is 0.268 e. The number of carbonyl (C=O) groups excluding carboxylic acids is 2. The summed E-state index contributed by atoms with van der Waals surface area (Å²) >= 11 is 7.58. The van der Waals surface area contributed by atoms with Gasteiger partial charge in [-0.15, -0.1) is 0 Å². The Bertz CT molecular complexity index is 1090. The zero-order valence-corrected chi connectivity index (χ0v) is 16.6. The van der Waals surface area contributed by atoms with Gasteiger partial charge >= 0.3 is 0 Å². The topological polar surface area (TPSA) is 37.4 Å². The highest BCUT2D eigenvalue weighted by Crippen LogP contribution is 2.42. The molecule has 3 nitrogen and oxygen atoms in total. The Hall–Kier alpha value is -2.82. The van der Waals surface area contributed by atoms with E-state index >= 15 is 0 Å². The first-order valence-electron chi connectivity index (χ1n) is 8.74. The van der Waals surface area contributed by atoms with Gasteiger partial charge in [0, 0.05) is 4.90 Å². The van der Waals surface area contributed by atoms with E-state index in [9.17, 15) is 9.59 Å². The molecule has 138 valence electrons. The van der Waals surface area contributed by atoms with Gasteiger partial charge in [-0.05, 0) is 36.8 Å². The van der Waals surface area contributed by atoms with Gasteiger partial charge < -0.3 is 0 Å². The minimum absolute atomic E-state index is 0.359. The van der Waals surface area contributed by atoms with E-state index in [-0.39, 0.29) is 11.8 Å². The van der Waals surface area contributed by atoms with E-state index in [1.54, 1.807) is 24.3 Å². The molecule has 1 aliphatic rings. The zero-order valence-electron chi connectivity index (χ0n) is 15.1. The molecule has 0 atom stereocenters. The molecular formula is C23H16ClNO2S. The molecule has 2 amide bonds. The number of carbonyl (C=O) groups is 2. The fraction of sp³-hybridized carbons (Fsp3) is 0.0435. The maximum atomic E-state index is 13.3. The number of para-hydroxylation sites is 1. The van der Waals surface area contributed by atoms with Crippen molar-refractivity contribution in [2.45, 2.75) is 11.8 Å². The second-order valence-corrected chi connectivity index (χ2v) is 7.87. The number of amides is 2. The first-order valence-corrected chi connectivity index (χ1v) is 9.93. The molecule has 0 unspecified atom stereocenters. The van der Waals surface area contributed by atoms with Gasteiger partial charge in [0.25, 0.3) is 11.8 Å². The van der Waals surface area contributed by atoms with Crippen LogP contribution in [0.1, 0.15) is 11.1 Å². The number of anilines is 1. The first-order chi connectivity index (χ1) is 13.6. The number of benzene rings is 3. The van der Waals surface area contributed by atoms with Gasteiger partial charge in [-0.3, -0.25) is 9.59 Å². The van der Waals surface area contributed by atoms with Gasteiger partial charge in [-0.25, -0.2) is 4.90 Å². The van der Waals surface area contributed by atoms with Crippen molar-refractivity contribution in [3.8, 4) is 0 Å². The Morgan fingerprint density at radius 1 is 0.786 bits per heavy atom. The number of hydrogen-bond donors (Lipinski definition) is 0. The lowest BCUT2D eigenvalue weighted by Gasteiger charge is -2.16. The van der Waals surface area contributed by atoms with Crippen LogP contribution >= 0.6 is 23.4 Å². The Kier molecular flexibility index (Phi) is 5.07. The van der Waals surface area contributed by atoms with Crippen LogP contribution in [0.25, 0.3) is 5.57 Å². The molecule has 0 aliphatic carbocycles. The maximum absolute atomic E-state index is 13.3. The zero-order chi connectivity index (χ0) is 19.7.